The maximum absolute atomic E-state index is 15.7. The molecule has 11 atom stereocenters. The lowest BCUT2D eigenvalue weighted by molar-refractivity contribution is -0.172. The summed E-state index contributed by atoms with van der Waals surface area (Å²) in [5.74, 6) is -3.22. The van der Waals surface area contributed by atoms with E-state index in [9.17, 15) is 35.4 Å². The summed E-state index contributed by atoms with van der Waals surface area (Å²) < 4.78 is 21.5. The number of aromatic hydroxyl groups is 2. The third-order valence-electron chi connectivity index (χ3n) is 19.1. The van der Waals surface area contributed by atoms with Gasteiger partial charge >= 0.3 is 5.97 Å². The SMILES string of the molecule is CCNC1C=C2CC[C@@H]3[C@@H]4CCc5ccc(O)cc5[C@@H](CO)[C@H](C5=CCNC(N)=C54)c4c5c(c(O)c6c(=O)cc(CO)oc46)C[C@@H](OC(=O)C4=C(C)CC[C@@H]6C[C@@H](c7cccc(CO)c7)C[C@]46O)[C@@](C)(O5)[C@H]3CC2=CN1. The van der Waals surface area contributed by atoms with Crippen molar-refractivity contribution in [3.05, 3.63) is 156 Å². The summed E-state index contributed by atoms with van der Waals surface area (Å²) in [5, 5.41) is 80.1. The summed E-state index contributed by atoms with van der Waals surface area (Å²) in [7, 11) is 0. The van der Waals surface area contributed by atoms with Gasteiger partial charge in [0.1, 0.15) is 63.7 Å². The van der Waals surface area contributed by atoms with E-state index in [1.807, 2.05) is 44.2 Å². The Morgan fingerprint density at radius 3 is 2.63 bits per heavy atom. The van der Waals surface area contributed by atoms with Crippen LogP contribution in [-0.2, 0) is 35.6 Å². The molecule has 15 nitrogen and oxygen atoms in total. The number of nitrogens with one attached hydrogen (secondary N) is 3. The zero-order chi connectivity index (χ0) is 52.9. The number of benzene rings is 3. The van der Waals surface area contributed by atoms with Crippen molar-refractivity contribution < 1.29 is 49.3 Å². The number of hydrogen-bond donors (Lipinski definition) is 10. The number of carbonyl (C=O) groups is 1. The first-order valence-corrected chi connectivity index (χ1v) is 27.4. The molecule has 400 valence electrons. The summed E-state index contributed by atoms with van der Waals surface area (Å²) >= 11 is 0. The molecule has 0 radical (unpaired) electrons. The molecule has 4 aliphatic carbocycles. The Morgan fingerprint density at radius 2 is 1.84 bits per heavy atom. The van der Waals surface area contributed by atoms with Gasteiger partial charge in [-0.2, -0.15) is 0 Å². The highest BCUT2D eigenvalue weighted by molar-refractivity contribution is 5.94. The van der Waals surface area contributed by atoms with Gasteiger partial charge in [-0.15, -0.1) is 0 Å². The van der Waals surface area contributed by atoms with Crippen LogP contribution in [0.25, 0.3) is 11.0 Å². The molecule has 2 saturated carbocycles. The van der Waals surface area contributed by atoms with Crippen molar-refractivity contribution in [1.29, 1.82) is 0 Å². The normalized spacial score (nSPS) is 31.5. The second kappa shape index (κ2) is 19.3. The lowest BCUT2D eigenvalue weighted by Gasteiger charge is -2.52. The highest BCUT2D eigenvalue weighted by atomic mass is 16.6. The Morgan fingerprint density at radius 1 is 1.00 bits per heavy atom. The molecule has 15 heteroatoms. The second-order valence-electron chi connectivity index (χ2n) is 23.0. The lowest BCUT2D eigenvalue weighted by atomic mass is 9.61. The van der Waals surface area contributed by atoms with Crippen LogP contribution in [0.1, 0.15) is 129 Å². The number of aliphatic hydroxyl groups is 4. The van der Waals surface area contributed by atoms with Crippen LogP contribution in [0.2, 0.25) is 0 Å². The maximum Gasteiger partial charge on any atom is 0.337 e. The minimum atomic E-state index is -1.51. The molecule has 2 fully saturated rings. The smallest absolute Gasteiger partial charge is 0.337 e. The molecule has 3 aromatic carbocycles. The van der Waals surface area contributed by atoms with Crippen molar-refractivity contribution in [2.75, 3.05) is 19.7 Å². The van der Waals surface area contributed by atoms with E-state index < -0.39 is 65.4 Å². The van der Waals surface area contributed by atoms with Crippen LogP contribution in [0.15, 0.2) is 115 Å². The van der Waals surface area contributed by atoms with E-state index in [1.165, 1.54) is 5.57 Å². The fourth-order valence-corrected chi connectivity index (χ4v) is 15.5. The van der Waals surface area contributed by atoms with Crippen LogP contribution in [0.5, 0.6) is 17.2 Å². The molecule has 8 aliphatic rings. The molecule has 76 heavy (non-hydrogen) atoms. The first kappa shape index (κ1) is 50.5. The number of fused-ring (bicyclic) bond motifs is 10. The fourth-order valence-electron chi connectivity index (χ4n) is 15.5. The molecule has 1 aromatic heterocycles. The van der Waals surface area contributed by atoms with E-state index in [2.05, 4.69) is 41.2 Å². The fraction of sp³-hybridized carbons (Fsp3) is 0.475. The van der Waals surface area contributed by atoms with Crippen molar-refractivity contribution in [3.63, 3.8) is 0 Å². The summed E-state index contributed by atoms with van der Waals surface area (Å²) in [6.07, 6.45) is 10.5. The van der Waals surface area contributed by atoms with Crippen molar-refractivity contribution in [3.8, 4) is 17.2 Å². The van der Waals surface area contributed by atoms with Crippen LogP contribution in [0, 0.1) is 23.7 Å². The summed E-state index contributed by atoms with van der Waals surface area (Å²) in [4.78, 5) is 30.3. The molecule has 1 unspecified atom stereocenters. The van der Waals surface area contributed by atoms with Crippen LogP contribution < -0.4 is 31.8 Å². The van der Waals surface area contributed by atoms with E-state index in [0.29, 0.717) is 74.9 Å². The minimum Gasteiger partial charge on any atom is -0.508 e. The Labute approximate surface area is 441 Å². The topological polar surface area (TPSA) is 249 Å². The van der Waals surface area contributed by atoms with E-state index in [0.717, 1.165) is 58.0 Å². The molecule has 5 heterocycles. The molecule has 11 N–H and O–H groups in total. The van der Waals surface area contributed by atoms with Gasteiger partial charge in [0.05, 0.1) is 25.0 Å². The Kier molecular flexibility index (Phi) is 12.8. The molecule has 0 amide bonds. The van der Waals surface area contributed by atoms with Gasteiger partial charge in [0.15, 0.2) is 5.43 Å². The Bertz CT molecular complexity index is 3280. The highest BCUT2D eigenvalue weighted by Crippen LogP contribution is 2.62. The molecular formula is C61H70N4O11. The van der Waals surface area contributed by atoms with E-state index in [1.54, 1.807) is 12.1 Å². The average Bonchev–Trinajstić information content (AvgIpc) is 3.74. The second-order valence-corrected chi connectivity index (χ2v) is 23.0. The van der Waals surface area contributed by atoms with Crippen molar-refractivity contribution in [2.45, 2.75) is 139 Å². The number of esters is 1. The zero-order valence-electron chi connectivity index (χ0n) is 43.5. The van der Waals surface area contributed by atoms with Gasteiger partial charge in [0.2, 0.25) is 0 Å². The van der Waals surface area contributed by atoms with Gasteiger partial charge in [0, 0.05) is 54.1 Å². The van der Waals surface area contributed by atoms with Gasteiger partial charge in [-0.25, -0.2) is 4.79 Å². The number of ether oxygens (including phenoxy) is 2. The van der Waals surface area contributed by atoms with Gasteiger partial charge < -0.3 is 60.9 Å². The molecule has 4 aliphatic heterocycles. The number of aliphatic hydroxyl groups excluding tert-OH is 3. The number of rotatable bonds is 8. The average molecular weight is 1040 g/mol. The highest BCUT2D eigenvalue weighted by Gasteiger charge is 2.60. The summed E-state index contributed by atoms with van der Waals surface area (Å²) in [5.41, 5.74) is 12.7. The number of nitrogens with two attached hydrogens (primary N) is 1. The number of phenolic OH excluding ortho intramolecular Hbond substituents is 2. The van der Waals surface area contributed by atoms with E-state index >= 15 is 4.79 Å². The standard InChI is InChI=1S/C61H70N4O11/c1-4-63-49-21-34-11-14-40-41-15-10-32-9-13-38(69)22-43(32)45(29-68)50(42-16-17-64-58(62)51(41)42)53-56-44(55(71)52-47(70)23-39(28-67)74-57(52)53)24-48(60(3,76-56)46(40)20-36(34)26-65-49)75-59(72)54-30(2)8-12-37-19-35(25-61(37,54)73)33-7-5-6-31(18-33)27-66/h5-7,9,13,16,18,21-23,26,35,37,40-41,45-46,48-50,63-69,71,73H,4,8,10-12,14-15,17,19-20,24-25,27-29,62H2,1-3H3/t35-,37-,40-,41+,45-,46+,48-,49?,50+,60+,61-/m1/s1. The number of likely N-dealkylation sites (N-methyl/N-ethyl adjacent to an activating group) is 1. The van der Waals surface area contributed by atoms with Crippen molar-refractivity contribution in [2.24, 2.45) is 29.4 Å². The van der Waals surface area contributed by atoms with Gasteiger partial charge in [-0.05, 0) is 165 Å². The van der Waals surface area contributed by atoms with Crippen LogP contribution in [0.3, 0.4) is 0 Å². The zero-order valence-corrected chi connectivity index (χ0v) is 43.5. The number of dihydropyridines is 2. The molecule has 12 rings (SSSR count). The van der Waals surface area contributed by atoms with Gasteiger partial charge in [-0.1, -0.05) is 48.9 Å². The molecule has 4 aromatic rings. The van der Waals surface area contributed by atoms with Gasteiger partial charge in [-0.3, -0.25) is 10.1 Å². The van der Waals surface area contributed by atoms with Crippen LogP contribution >= 0.6 is 0 Å². The largest absolute Gasteiger partial charge is 0.508 e. The first-order valence-electron chi connectivity index (χ1n) is 27.4. The van der Waals surface area contributed by atoms with E-state index in [4.69, 9.17) is 19.6 Å². The number of allylic oxidation sites excluding steroid dienone is 5. The molecule has 0 spiro atoms. The summed E-state index contributed by atoms with van der Waals surface area (Å²) in [6.45, 7) is 5.94. The molecule has 4 bridgehead atoms. The first-order chi connectivity index (χ1) is 36.7. The van der Waals surface area contributed by atoms with Crippen LogP contribution in [0.4, 0.5) is 0 Å². The number of hydrogen-bond acceptors (Lipinski definition) is 15. The maximum atomic E-state index is 15.7. The number of phenols is 2. The Balaban J connectivity index is 1.10. The minimum absolute atomic E-state index is 0.0164. The quantitative estimate of drug-likeness (QED) is 0.0822. The third-order valence-corrected chi connectivity index (χ3v) is 19.1. The van der Waals surface area contributed by atoms with Gasteiger partial charge in [0.25, 0.3) is 0 Å². The van der Waals surface area contributed by atoms with Crippen LogP contribution in [-0.4, -0.2) is 79.8 Å². The van der Waals surface area contributed by atoms with Crippen molar-refractivity contribution >= 4 is 16.9 Å². The number of carbonyl (C=O) groups excluding carboxylic acids is 1. The predicted octanol–water partition coefficient (Wildman–Crippen LogP) is 6.73. The lowest BCUT2D eigenvalue weighted by Crippen LogP contribution is -2.59. The van der Waals surface area contributed by atoms with Crippen molar-refractivity contribution in [1.82, 2.24) is 16.0 Å². The Hall–Kier alpha value is -6.36. The van der Waals surface area contributed by atoms with E-state index in [-0.39, 0.29) is 82.2 Å². The predicted molar refractivity (Wildman–Crippen MR) is 285 cm³/mol. The monoisotopic (exact) mass is 1030 g/mol. The molecule has 0 saturated heterocycles. The summed E-state index contributed by atoms with van der Waals surface area (Å²) in [6, 6.07) is 14.2. The third kappa shape index (κ3) is 8.01. The number of aryl methyl sites for hydroxylation is 1. The molecular weight excluding hydrogens is 965 g/mol.